The number of aryl methyl sites for hydroxylation is 1. The fourth-order valence-electron chi connectivity index (χ4n) is 4.81. The maximum absolute atomic E-state index is 13.8. The largest absolute Gasteiger partial charge is 0.444 e. The number of benzene rings is 2. The number of amides is 3. The van der Waals surface area contributed by atoms with Crippen molar-refractivity contribution < 1.29 is 24.2 Å². The molecule has 1 heterocycles. The first-order valence-electron chi connectivity index (χ1n) is 13.3. The van der Waals surface area contributed by atoms with Crippen LogP contribution in [-0.2, 0) is 33.7 Å². The zero-order chi connectivity index (χ0) is 27.9. The number of piperazine rings is 1. The summed E-state index contributed by atoms with van der Waals surface area (Å²) in [5, 5.41) is 14.5. The number of aliphatic hydroxyl groups excluding tert-OH is 1. The minimum absolute atomic E-state index is 0.202. The summed E-state index contributed by atoms with van der Waals surface area (Å²) in [5.41, 5.74) is 2.28. The molecule has 0 aliphatic carbocycles. The first-order valence-corrected chi connectivity index (χ1v) is 13.3. The van der Waals surface area contributed by atoms with E-state index in [2.05, 4.69) is 18.3 Å². The lowest BCUT2D eigenvalue weighted by atomic mass is 9.92. The molecule has 38 heavy (non-hydrogen) atoms. The van der Waals surface area contributed by atoms with Crippen molar-refractivity contribution in [3.63, 3.8) is 0 Å². The second-order valence-electron chi connectivity index (χ2n) is 10.9. The molecule has 3 amide bonds. The Morgan fingerprint density at radius 1 is 1.05 bits per heavy atom. The van der Waals surface area contributed by atoms with Gasteiger partial charge in [-0.2, -0.15) is 0 Å². The van der Waals surface area contributed by atoms with Crippen LogP contribution in [0, 0.1) is 0 Å². The molecule has 3 rings (SSSR count). The molecule has 8 heteroatoms. The first-order chi connectivity index (χ1) is 18.0. The van der Waals surface area contributed by atoms with Gasteiger partial charge in [0, 0.05) is 26.6 Å². The standard InChI is InChI=1S/C30H41N3O5/c1-6-11-22-14-10-15-24(18-22)19-25(31-21(2)34)27(35)26-28(36)32(20-23-12-8-7-9-13-23)16-17-33(26)29(37)38-30(3,4)5/h7-10,12-15,18,25-27,35H,6,11,16-17,19-20H2,1-5H3,(H,31,34)/t25-,26-,27-/m0/s1. The lowest BCUT2D eigenvalue weighted by molar-refractivity contribution is -0.149. The SMILES string of the molecule is CCCc1cccc(C[C@H](NC(C)=O)[C@H](O)[C@H]2C(=O)N(Cc3ccccc3)CCN2C(=O)OC(C)(C)C)c1. The lowest BCUT2D eigenvalue weighted by Crippen LogP contribution is -2.66. The Hall–Kier alpha value is -3.39. The Bertz CT molecular complexity index is 1100. The third-order valence-electron chi connectivity index (χ3n) is 6.47. The summed E-state index contributed by atoms with van der Waals surface area (Å²) in [5.74, 6) is -0.708. The molecular weight excluding hydrogens is 482 g/mol. The van der Waals surface area contributed by atoms with Gasteiger partial charge >= 0.3 is 6.09 Å². The van der Waals surface area contributed by atoms with E-state index in [4.69, 9.17) is 4.74 Å². The van der Waals surface area contributed by atoms with Gasteiger partial charge in [-0.25, -0.2) is 4.79 Å². The Morgan fingerprint density at radius 3 is 2.34 bits per heavy atom. The van der Waals surface area contributed by atoms with Crippen molar-refractivity contribution in [2.75, 3.05) is 13.1 Å². The summed E-state index contributed by atoms with van der Waals surface area (Å²) >= 11 is 0. The number of rotatable bonds is 9. The van der Waals surface area contributed by atoms with Crippen LogP contribution in [0.15, 0.2) is 54.6 Å². The number of hydrogen-bond acceptors (Lipinski definition) is 5. The molecule has 0 bridgehead atoms. The molecule has 1 aliphatic rings. The maximum atomic E-state index is 13.8. The maximum Gasteiger partial charge on any atom is 0.411 e. The van der Waals surface area contributed by atoms with E-state index in [0.29, 0.717) is 19.5 Å². The molecule has 0 unspecified atom stereocenters. The topological polar surface area (TPSA) is 99.2 Å². The predicted molar refractivity (Wildman–Crippen MR) is 146 cm³/mol. The molecule has 1 aliphatic heterocycles. The van der Waals surface area contributed by atoms with Crippen LogP contribution in [-0.4, -0.2) is 69.7 Å². The van der Waals surface area contributed by atoms with E-state index in [1.807, 2.05) is 48.5 Å². The van der Waals surface area contributed by atoms with Crippen LogP contribution in [0.4, 0.5) is 4.79 Å². The van der Waals surface area contributed by atoms with E-state index in [1.54, 1.807) is 25.7 Å². The van der Waals surface area contributed by atoms with Crippen LogP contribution in [0.1, 0.15) is 57.7 Å². The van der Waals surface area contributed by atoms with Crippen molar-refractivity contribution in [1.82, 2.24) is 15.1 Å². The molecule has 0 spiro atoms. The number of carbonyl (C=O) groups excluding carboxylic acids is 3. The van der Waals surface area contributed by atoms with Crippen LogP contribution in [0.3, 0.4) is 0 Å². The van der Waals surface area contributed by atoms with E-state index in [0.717, 1.165) is 24.0 Å². The summed E-state index contributed by atoms with van der Waals surface area (Å²) in [6.07, 6.45) is 0.208. The Morgan fingerprint density at radius 2 is 1.71 bits per heavy atom. The van der Waals surface area contributed by atoms with Crippen LogP contribution >= 0.6 is 0 Å². The smallest absolute Gasteiger partial charge is 0.411 e. The third kappa shape index (κ3) is 8.05. The highest BCUT2D eigenvalue weighted by Crippen LogP contribution is 2.23. The van der Waals surface area contributed by atoms with E-state index in [9.17, 15) is 19.5 Å². The number of nitrogens with zero attached hydrogens (tertiary/aromatic N) is 2. The van der Waals surface area contributed by atoms with Gasteiger partial charge in [-0.15, -0.1) is 0 Å². The van der Waals surface area contributed by atoms with Gasteiger partial charge in [-0.3, -0.25) is 14.5 Å². The Labute approximate surface area is 226 Å². The minimum atomic E-state index is -1.35. The van der Waals surface area contributed by atoms with Gasteiger partial charge in [-0.1, -0.05) is 67.9 Å². The second kappa shape index (κ2) is 12.9. The summed E-state index contributed by atoms with van der Waals surface area (Å²) in [6, 6.07) is 15.6. The Balaban J connectivity index is 1.93. The first kappa shape index (κ1) is 29.2. The van der Waals surface area contributed by atoms with Crippen molar-refractivity contribution in [2.24, 2.45) is 0 Å². The van der Waals surface area contributed by atoms with Gasteiger partial charge < -0.3 is 20.1 Å². The predicted octanol–water partition coefficient (Wildman–Crippen LogP) is 3.70. The monoisotopic (exact) mass is 523 g/mol. The van der Waals surface area contributed by atoms with Crippen molar-refractivity contribution >= 4 is 17.9 Å². The van der Waals surface area contributed by atoms with E-state index in [-0.39, 0.29) is 18.4 Å². The van der Waals surface area contributed by atoms with Gasteiger partial charge in [0.05, 0.1) is 6.04 Å². The molecule has 2 aromatic rings. The molecule has 0 saturated carbocycles. The van der Waals surface area contributed by atoms with Gasteiger partial charge in [-0.05, 0) is 50.3 Å². The fourth-order valence-corrected chi connectivity index (χ4v) is 4.81. The third-order valence-corrected chi connectivity index (χ3v) is 6.47. The molecule has 2 aromatic carbocycles. The van der Waals surface area contributed by atoms with Gasteiger partial charge in [0.2, 0.25) is 11.8 Å². The van der Waals surface area contributed by atoms with Crippen LogP contribution in [0.25, 0.3) is 0 Å². The van der Waals surface area contributed by atoms with Crippen molar-refractivity contribution in [3.8, 4) is 0 Å². The molecular formula is C30H41N3O5. The molecule has 206 valence electrons. The van der Waals surface area contributed by atoms with Gasteiger partial charge in [0.15, 0.2) is 0 Å². The van der Waals surface area contributed by atoms with Crippen molar-refractivity contribution in [3.05, 3.63) is 71.3 Å². The highest BCUT2D eigenvalue weighted by Gasteiger charge is 2.46. The lowest BCUT2D eigenvalue weighted by Gasteiger charge is -2.44. The molecule has 1 fully saturated rings. The van der Waals surface area contributed by atoms with Gasteiger partial charge in [0.25, 0.3) is 0 Å². The quantitative estimate of drug-likeness (QED) is 0.522. The van der Waals surface area contributed by atoms with Crippen molar-refractivity contribution in [2.45, 2.75) is 84.2 Å². The highest BCUT2D eigenvalue weighted by atomic mass is 16.6. The number of carbonyl (C=O) groups is 3. The average molecular weight is 524 g/mol. The molecule has 3 atom stereocenters. The summed E-state index contributed by atoms with van der Waals surface area (Å²) in [6.45, 7) is 9.62. The zero-order valence-corrected chi connectivity index (χ0v) is 23.1. The fraction of sp³-hybridized carbons (Fsp3) is 0.500. The summed E-state index contributed by atoms with van der Waals surface area (Å²) in [7, 11) is 0. The number of ether oxygens (including phenoxy) is 1. The van der Waals surface area contributed by atoms with E-state index < -0.39 is 29.9 Å². The summed E-state index contributed by atoms with van der Waals surface area (Å²) < 4.78 is 5.60. The normalized spacial score (nSPS) is 17.6. The molecule has 0 radical (unpaired) electrons. The van der Waals surface area contributed by atoms with Crippen LogP contribution < -0.4 is 5.32 Å². The average Bonchev–Trinajstić information content (AvgIpc) is 2.84. The number of aliphatic hydroxyl groups is 1. The molecule has 2 N–H and O–H groups in total. The van der Waals surface area contributed by atoms with E-state index in [1.165, 1.54) is 17.4 Å². The minimum Gasteiger partial charge on any atom is -0.444 e. The van der Waals surface area contributed by atoms with Crippen LogP contribution in [0.5, 0.6) is 0 Å². The molecule has 1 saturated heterocycles. The summed E-state index contributed by atoms with van der Waals surface area (Å²) in [4.78, 5) is 42.2. The van der Waals surface area contributed by atoms with Crippen molar-refractivity contribution in [1.29, 1.82) is 0 Å². The Kier molecular flexibility index (Phi) is 9.91. The van der Waals surface area contributed by atoms with Crippen LogP contribution in [0.2, 0.25) is 0 Å². The van der Waals surface area contributed by atoms with Gasteiger partial charge in [0.1, 0.15) is 17.7 Å². The number of hydrogen-bond donors (Lipinski definition) is 2. The zero-order valence-electron chi connectivity index (χ0n) is 23.1. The second-order valence-corrected chi connectivity index (χ2v) is 10.9. The van der Waals surface area contributed by atoms with E-state index >= 15 is 0 Å². The molecule has 8 nitrogen and oxygen atoms in total. The number of nitrogens with one attached hydrogen (secondary N) is 1. The molecule has 0 aromatic heterocycles. The highest BCUT2D eigenvalue weighted by molar-refractivity contribution is 5.88.